The lowest BCUT2D eigenvalue weighted by atomic mass is 10.2. The van der Waals surface area contributed by atoms with E-state index in [0.29, 0.717) is 12.2 Å². The number of nitrogens with zero attached hydrogens (tertiary/aromatic N) is 4. The molecular formula is C19H16ClF3N4O3. The number of likely N-dealkylation sites (N-methyl/N-ethyl adjacent to an activating group) is 1. The minimum Gasteiger partial charge on any atom is -0.484 e. The number of hydrogen-bond acceptors (Lipinski definition) is 6. The summed E-state index contributed by atoms with van der Waals surface area (Å²) in [5, 5.41) is 3.90. The highest BCUT2D eigenvalue weighted by Crippen LogP contribution is 2.31. The van der Waals surface area contributed by atoms with Crippen molar-refractivity contribution in [2.24, 2.45) is 0 Å². The first-order valence-electron chi connectivity index (χ1n) is 8.71. The molecular weight excluding hydrogens is 425 g/mol. The zero-order valence-corrected chi connectivity index (χ0v) is 16.4. The summed E-state index contributed by atoms with van der Waals surface area (Å²) in [6.07, 6.45) is -2.67. The second kappa shape index (κ2) is 9.12. The van der Waals surface area contributed by atoms with Gasteiger partial charge in [0.15, 0.2) is 12.4 Å². The normalized spacial score (nSPS) is 11.4. The standard InChI is InChI=1S/C19H16ClF3N4O3/c1-27(18(28)14-6-3-8-24-17(14)20)9-7-15-25-16(30-26-15)11-29-13-5-2-4-12(10-13)19(21,22)23/h2-6,8,10H,7,9,11H2,1H3. The fourth-order valence-corrected chi connectivity index (χ4v) is 2.68. The van der Waals surface area contributed by atoms with Crippen molar-refractivity contribution in [1.82, 2.24) is 20.0 Å². The van der Waals surface area contributed by atoms with Crippen LogP contribution >= 0.6 is 11.6 Å². The molecule has 0 aliphatic rings. The molecule has 3 rings (SSSR count). The maximum absolute atomic E-state index is 12.7. The molecule has 0 radical (unpaired) electrons. The molecule has 2 aromatic heterocycles. The SMILES string of the molecule is CN(CCc1noc(COc2cccc(C(F)(F)F)c2)n1)C(=O)c1cccnc1Cl. The second-order valence-corrected chi connectivity index (χ2v) is 6.60. The van der Waals surface area contributed by atoms with Gasteiger partial charge in [0.2, 0.25) is 0 Å². The van der Waals surface area contributed by atoms with Crippen molar-refractivity contribution in [2.45, 2.75) is 19.2 Å². The van der Waals surface area contributed by atoms with Crippen LogP contribution in [0.25, 0.3) is 0 Å². The van der Waals surface area contributed by atoms with E-state index >= 15 is 0 Å². The van der Waals surface area contributed by atoms with Crippen LogP contribution in [0, 0.1) is 0 Å². The Morgan fingerprint density at radius 3 is 2.80 bits per heavy atom. The molecule has 0 saturated heterocycles. The maximum Gasteiger partial charge on any atom is 0.416 e. The number of benzene rings is 1. The fraction of sp³-hybridized carbons (Fsp3) is 0.263. The van der Waals surface area contributed by atoms with E-state index < -0.39 is 11.7 Å². The molecule has 7 nitrogen and oxygen atoms in total. The van der Waals surface area contributed by atoms with Gasteiger partial charge in [-0.3, -0.25) is 4.79 Å². The van der Waals surface area contributed by atoms with Gasteiger partial charge in [-0.2, -0.15) is 18.2 Å². The van der Waals surface area contributed by atoms with Crippen LogP contribution in [0.15, 0.2) is 47.1 Å². The molecule has 0 fully saturated rings. The number of amides is 1. The van der Waals surface area contributed by atoms with Gasteiger partial charge in [0.05, 0.1) is 11.1 Å². The number of ether oxygens (including phenoxy) is 1. The van der Waals surface area contributed by atoms with E-state index in [-0.39, 0.29) is 41.4 Å². The molecule has 0 aliphatic heterocycles. The van der Waals surface area contributed by atoms with Crippen LogP contribution in [0.4, 0.5) is 13.2 Å². The lowest BCUT2D eigenvalue weighted by Gasteiger charge is -2.16. The first-order chi connectivity index (χ1) is 14.2. The monoisotopic (exact) mass is 440 g/mol. The van der Waals surface area contributed by atoms with E-state index in [2.05, 4.69) is 15.1 Å². The Morgan fingerprint density at radius 2 is 2.07 bits per heavy atom. The van der Waals surface area contributed by atoms with Gasteiger partial charge in [-0.15, -0.1) is 0 Å². The highest BCUT2D eigenvalue weighted by atomic mass is 35.5. The topological polar surface area (TPSA) is 81.4 Å². The lowest BCUT2D eigenvalue weighted by Crippen LogP contribution is -2.29. The molecule has 0 bridgehead atoms. The van der Waals surface area contributed by atoms with Gasteiger partial charge in [0.25, 0.3) is 11.8 Å². The summed E-state index contributed by atoms with van der Waals surface area (Å²) >= 11 is 5.93. The van der Waals surface area contributed by atoms with Crippen molar-refractivity contribution >= 4 is 17.5 Å². The molecule has 2 heterocycles. The van der Waals surface area contributed by atoms with Crippen molar-refractivity contribution in [1.29, 1.82) is 0 Å². The Labute approximate surface area is 174 Å². The van der Waals surface area contributed by atoms with Gasteiger partial charge in [0.1, 0.15) is 10.9 Å². The van der Waals surface area contributed by atoms with E-state index in [1.807, 2.05) is 0 Å². The highest BCUT2D eigenvalue weighted by molar-refractivity contribution is 6.32. The Morgan fingerprint density at radius 1 is 1.27 bits per heavy atom. The average Bonchev–Trinajstić information content (AvgIpc) is 3.18. The molecule has 0 aliphatic carbocycles. The van der Waals surface area contributed by atoms with E-state index in [9.17, 15) is 18.0 Å². The zero-order chi connectivity index (χ0) is 21.7. The summed E-state index contributed by atoms with van der Waals surface area (Å²) in [6.45, 7) is 0.103. The van der Waals surface area contributed by atoms with E-state index in [4.69, 9.17) is 20.9 Å². The Balaban J connectivity index is 1.53. The third kappa shape index (κ3) is 5.47. The quantitative estimate of drug-likeness (QED) is 0.516. The summed E-state index contributed by atoms with van der Waals surface area (Å²) in [5.41, 5.74) is -0.530. The van der Waals surface area contributed by atoms with Crippen molar-refractivity contribution < 1.29 is 27.2 Å². The van der Waals surface area contributed by atoms with Crippen molar-refractivity contribution in [3.05, 3.63) is 70.6 Å². The van der Waals surface area contributed by atoms with Crippen LogP contribution in [0.3, 0.4) is 0 Å². The molecule has 11 heteroatoms. The van der Waals surface area contributed by atoms with E-state index in [1.54, 1.807) is 19.2 Å². The Kier molecular flexibility index (Phi) is 6.56. The van der Waals surface area contributed by atoms with Crippen molar-refractivity contribution in [3.63, 3.8) is 0 Å². The molecule has 30 heavy (non-hydrogen) atoms. The van der Waals surface area contributed by atoms with Crippen LogP contribution in [0.1, 0.15) is 27.6 Å². The number of carbonyl (C=O) groups is 1. The second-order valence-electron chi connectivity index (χ2n) is 6.24. The predicted octanol–water partition coefficient (Wildman–Crippen LogP) is 4.03. The molecule has 158 valence electrons. The number of hydrogen-bond donors (Lipinski definition) is 0. The average molecular weight is 441 g/mol. The summed E-state index contributed by atoms with van der Waals surface area (Å²) in [6, 6.07) is 7.68. The minimum atomic E-state index is -4.46. The maximum atomic E-state index is 12.7. The van der Waals surface area contributed by atoms with Crippen molar-refractivity contribution in [2.75, 3.05) is 13.6 Å². The third-order valence-electron chi connectivity index (χ3n) is 4.04. The lowest BCUT2D eigenvalue weighted by molar-refractivity contribution is -0.137. The first kappa shape index (κ1) is 21.6. The van der Waals surface area contributed by atoms with Crippen molar-refractivity contribution in [3.8, 4) is 5.75 Å². The fourth-order valence-electron chi connectivity index (χ4n) is 2.48. The number of aromatic nitrogens is 3. The van der Waals surface area contributed by atoms with Gasteiger partial charge in [0, 0.05) is 26.2 Å². The van der Waals surface area contributed by atoms with Gasteiger partial charge < -0.3 is 14.2 Å². The molecule has 0 unspecified atom stereocenters. The number of carbonyl (C=O) groups excluding carboxylic acids is 1. The van der Waals surface area contributed by atoms with E-state index in [1.165, 1.54) is 23.2 Å². The largest absolute Gasteiger partial charge is 0.484 e. The summed E-state index contributed by atoms with van der Waals surface area (Å²) < 4.78 is 48.5. The molecule has 1 aromatic carbocycles. The number of alkyl halides is 3. The smallest absolute Gasteiger partial charge is 0.416 e. The molecule has 0 saturated carbocycles. The minimum absolute atomic E-state index is 0.0308. The summed E-state index contributed by atoms with van der Waals surface area (Å²) in [5.74, 6) is 0.161. The third-order valence-corrected chi connectivity index (χ3v) is 4.34. The molecule has 0 N–H and O–H groups in total. The Hall–Kier alpha value is -3.14. The molecule has 0 spiro atoms. The molecule has 0 atom stereocenters. The zero-order valence-electron chi connectivity index (χ0n) is 15.7. The van der Waals surface area contributed by atoms with Crippen LogP contribution in [-0.4, -0.2) is 39.5 Å². The highest BCUT2D eigenvalue weighted by Gasteiger charge is 2.30. The first-order valence-corrected chi connectivity index (χ1v) is 9.09. The summed E-state index contributed by atoms with van der Waals surface area (Å²) in [7, 11) is 1.60. The molecule has 1 amide bonds. The Bertz CT molecular complexity index is 1030. The van der Waals surface area contributed by atoms with Gasteiger partial charge in [-0.05, 0) is 30.3 Å². The number of pyridine rings is 1. The van der Waals surface area contributed by atoms with Crippen LogP contribution in [0.5, 0.6) is 5.75 Å². The summed E-state index contributed by atoms with van der Waals surface area (Å²) in [4.78, 5) is 21.8. The number of halogens is 4. The predicted molar refractivity (Wildman–Crippen MR) is 100.0 cm³/mol. The van der Waals surface area contributed by atoms with Crippen LogP contribution in [-0.2, 0) is 19.2 Å². The van der Waals surface area contributed by atoms with Gasteiger partial charge in [-0.1, -0.05) is 22.8 Å². The van der Waals surface area contributed by atoms with Gasteiger partial charge in [-0.25, -0.2) is 4.98 Å². The van der Waals surface area contributed by atoms with Crippen LogP contribution < -0.4 is 4.74 Å². The number of rotatable bonds is 7. The van der Waals surface area contributed by atoms with Gasteiger partial charge >= 0.3 is 6.18 Å². The van der Waals surface area contributed by atoms with E-state index in [0.717, 1.165) is 12.1 Å². The molecule has 3 aromatic rings. The van der Waals surface area contributed by atoms with Crippen LogP contribution in [0.2, 0.25) is 5.15 Å².